The number of aliphatic hydroxyl groups is 2. The third-order valence-electron chi connectivity index (χ3n) is 14.9. The summed E-state index contributed by atoms with van der Waals surface area (Å²) in [6.45, 7) is 16.7. The molecular formula is C54H81NO12. The molecule has 2 bridgehead atoms. The maximum Gasteiger partial charge on any atom is 0.329 e. The lowest BCUT2D eigenvalue weighted by Crippen LogP contribution is -2.61. The Morgan fingerprint density at radius 2 is 1.63 bits per heavy atom. The average molecular weight is 936 g/mol. The van der Waals surface area contributed by atoms with Gasteiger partial charge in [0.2, 0.25) is 5.79 Å². The average Bonchev–Trinajstić information content (AvgIpc) is 3.30. The minimum atomic E-state index is -2.45. The van der Waals surface area contributed by atoms with Crippen molar-refractivity contribution in [3.63, 3.8) is 0 Å². The number of fused-ring (bicyclic) bond motifs is 3. The molecule has 4 aliphatic rings. The molecule has 1 amide bonds. The van der Waals surface area contributed by atoms with Crippen molar-refractivity contribution >= 4 is 29.2 Å². The van der Waals surface area contributed by atoms with E-state index in [1.807, 2.05) is 58.1 Å². The SMILES string of the molecule is CC#COC1CC2CC[C@@H](C)C(O)(O2)C(=O)C(=O)N2CCCC[C@H]2C(=O)OC(C(C)CC2CCC(C)C(OC)C2)CC(=O)C(C)/C=C(\C)C(O)C(OC)C(=O)[C@H](C)CC(C)/C=C/C=C/C=C/1C. The molecule has 0 aromatic rings. The van der Waals surface area contributed by atoms with Crippen LogP contribution in [0.25, 0.3) is 0 Å². The van der Waals surface area contributed by atoms with Crippen molar-refractivity contribution in [1.29, 1.82) is 0 Å². The van der Waals surface area contributed by atoms with Crippen molar-refractivity contribution in [3.8, 4) is 12.0 Å². The van der Waals surface area contributed by atoms with Crippen LogP contribution in [0.15, 0.2) is 47.6 Å². The molecule has 15 atom stereocenters. The van der Waals surface area contributed by atoms with Crippen molar-refractivity contribution in [1.82, 2.24) is 4.90 Å². The fraction of sp³-hybridized carbons (Fsp3) is 0.722. The summed E-state index contributed by atoms with van der Waals surface area (Å²) in [6.07, 6.45) is 15.7. The van der Waals surface area contributed by atoms with E-state index in [9.17, 15) is 34.2 Å². The monoisotopic (exact) mass is 936 g/mol. The molecule has 3 aliphatic heterocycles. The first-order chi connectivity index (χ1) is 31.7. The van der Waals surface area contributed by atoms with Crippen LogP contribution in [0.3, 0.4) is 0 Å². The Kier molecular flexibility index (Phi) is 21.7. The minimum Gasteiger partial charge on any atom is -0.460 e. The maximum atomic E-state index is 14.4. The van der Waals surface area contributed by atoms with Crippen LogP contribution >= 0.6 is 0 Å². The van der Waals surface area contributed by atoms with Gasteiger partial charge in [-0.05, 0) is 113 Å². The summed E-state index contributed by atoms with van der Waals surface area (Å²) in [5.41, 5.74) is 1.22. The molecule has 3 heterocycles. The van der Waals surface area contributed by atoms with Crippen molar-refractivity contribution in [2.24, 2.45) is 41.4 Å². The van der Waals surface area contributed by atoms with E-state index in [-0.39, 0.29) is 61.2 Å². The van der Waals surface area contributed by atoms with Gasteiger partial charge in [-0.25, -0.2) is 4.79 Å². The highest BCUT2D eigenvalue weighted by Crippen LogP contribution is 2.38. The maximum absolute atomic E-state index is 14.4. The number of rotatable bonds is 6. The number of cyclic esters (lactones) is 1. The number of hydrogen-bond acceptors (Lipinski definition) is 12. The predicted octanol–water partition coefficient (Wildman–Crippen LogP) is 7.81. The number of hydrogen-bond donors (Lipinski definition) is 2. The largest absolute Gasteiger partial charge is 0.460 e. The lowest BCUT2D eigenvalue weighted by atomic mass is 9.76. The molecule has 374 valence electrons. The van der Waals surface area contributed by atoms with E-state index in [0.29, 0.717) is 50.0 Å². The van der Waals surface area contributed by atoms with Crippen molar-refractivity contribution < 1.29 is 57.9 Å². The van der Waals surface area contributed by atoms with E-state index in [4.69, 9.17) is 23.7 Å². The van der Waals surface area contributed by atoms with E-state index in [1.54, 1.807) is 40.9 Å². The van der Waals surface area contributed by atoms with Crippen LogP contribution in [-0.2, 0) is 47.7 Å². The Balaban J connectivity index is 1.72. The number of piperidine rings is 1. The van der Waals surface area contributed by atoms with Crippen molar-refractivity contribution in [2.75, 3.05) is 20.8 Å². The number of aliphatic hydroxyl groups excluding tert-OH is 1. The van der Waals surface area contributed by atoms with Gasteiger partial charge in [0.15, 0.2) is 5.78 Å². The van der Waals surface area contributed by atoms with Gasteiger partial charge >= 0.3 is 5.97 Å². The minimum absolute atomic E-state index is 0.0111. The second kappa shape index (κ2) is 26.2. The van der Waals surface area contributed by atoms with E-state index in [2.05, 4.69) is 19.0 Å². The third kappa shape index (κ3) is 15.0. The van der Waals surface area contributed by atoms with Crippen LogP contribution < -0.4 is 0 Å². The van der Waals surface area contributed by atoms with E-state index in [1.165, 1.54) is 12.0 Å². The van der Waals surface area contributed by atoms with Gasteiger partial charge in [-0.3, -0.25) is 19.2 Å². The Bertz CT molecular complexity index is 1890. The Labute approximate surface area is 400 Å². The molecule has 0 aromatic carbocycles. The smallest absolute Gasteiger partial charge is 0.329 e. The number of allylic oxidation sites excluding steroid dienone is 6. The number of Topliss-reactive ketones (excluding diaryl/α,β-unsaturated/α-hetero) is 3. The van der Waals surface area contributed by atoms with Crippen LogP contribution in [0.2, 0.25) is 0 Å². The molecule has 3 fully saturated rings. The molecule has 13 nitrogen and oxygen atoms in total. The number of amides is 1. The first-order valence-corrected chi connectivity index (χ1v) is 24.8. The quantitative estimate of drug-likeness (QED) is 0.115. The number of carbonyl (C=O) groups excluding carboxylic acids is 5. The molecule has 13 heteroatoms. The second-order valence-electron chi connectivity index (χ2n) is 20.2. The molecule has 4 rings (SSSR count). The van der Waals surface area contributed by atoms with Gasteiger partial charge in [0.25, 0.3) is 11.7 Å². The fourth-order valence-corrected chi connectivity index (χ4v) is 10.3. The first-order valence-electron chi connectivity index (χ1n) is 24.8. The normalized spacial score (nSPS) is 39.3. The highest BCUT2D eigenvalue weighted by molar-refractivity contribution is 6.39. The molecule has 2 saturated heterocycles. The van der Waals surface area contributed by atoms with Gasteiger partial charge in [-0.1, -0.05) is 83.9 Å². The van der Waals surface area contributed by atoms with Gasteiger partial charge in [-0.2, -0.15) is 0 Å². The summed E-state index contributed by atoms with van der Waals surface area (Å²) in [7, 11) is 3.11. The zero-order chi connectivity index (χ0) is 49.6. The summed E-state index contributed by atoms with van der Waals surface area (Å²) in [4.78, 5) is 72.2. The van der Waals surface area contributed by atoms with Crippen LogP contribution in [0.1, 0.15) is 139 Å². The zero-order valence-electron chi connectivity index (χ0n) is 42.2. The van der Waals surface area contributed by atoms with Gasteiger partial charge < -0.3 is 38.8 Å². The molecule has 0 spiro atoms. The number of nitrogens with zero attached hydrogens (tertiary/aromatic N) is 1. The van der Waals surface area contributed by atoms with E-state index in [0.717, 1.165) is 24.8 Å². The van der Waals surface area contributed by atoms with Crippen LogP contribution in [0, 0.1) is 53.5 Å². The summed E-state index contributed by atoms with van der Waals surface area (Å²) >= 11 is 0. The zero-order valence-corrected chi connectivity index (χ0v) is 42.2. The fourth-order valence-electron chi connectivity index (χ4n) is 10.3. The number of methoxy groups -OCH3 is 2. The Morgan fingerprint density at radius 1 is 0.896 bits per heavy atom. The van der Waals surface area contributed by atoms with Gasteiger partial charge in [0, 0.05) is 58.3 Å². The van der Waals surface area contributed by atoms with Gasteiger partial charge in [0.1, 0.15) is 42.3 Å². The summed E-state index contributed by atoms with van der Waals surface area (Å²) in [5, 5.41) is 23.5. The summed E-state index contributed by atoms with van der Waals surface area (Å²) in [5.74, 6) is -4.51. The lowest BCUT2D eigenvalue weighted by molar-refractivity contribution is -0.265. The number of esters is 1. The van der Waals surface area contributed by atoms with E-state index >= 15 is 0 Å². The van der Waals surface area contributed by atoms with Crippen molar-refractivity contribution in [2.45, 2.75) is 188 Å². The third-order valence-corrected chi connectivity index (χ3v) is 14.9. The second-order valence-corrected chi connectivity index (χ2v) is 20.2. The number of ether oxygens (including phenoxy) is 5. The molecule has 2 N–H and O–H groups in total. The van der Waals surface area contributed by atoms with Crippen LogP contribution in [0.4, 0.5) is 0 Å². The highest BCUT2D eigenvalue weighted by atomic mass is 16.6. The summed E-state index contributed by atoms with van der Waals surface area (Å²) in [6, 6.07) is -1.12. The standard InChI is InChI=1S/C54H81NO12/c1-12-26-65-46-31-42-24-22-40(9)54(62,67-42)51(59)52(60)55-25-17-16-20-43(55)53(61)66-47(37(6)29-41-23-21-35(4)45(30-41)63-10)32-44(56)36(5)28-39(8)49(58)50(64-11)48(57)38(7)27-33(2)18-14-13-15-19-34(46)3/h13-15,18-19,28,33,35-38,40-43,45-47,49-50,58,62H,16-17,20-25,27,29-32H2,1-11H3/b15-13+,18-14+,34-19+,39-28+/t33?,35?,36?,37?,38-,40-,41?,42?,43+,45?,46?,47?,49?,50?,54?/m1/s1. The molecule has 1 saturated carbocycles. The van der Waals surface area contributed by atoms with Crippen LogP contribution in [0.5, 0.6) is 0 Å². The Hall–Kier alpha value is -3.93. The molecule has 0 radical (unpaired) electrons. The molecule has 1 aliphatic carbocycles. The highest BCUT2D eigenvalue weighted by Gasteiger charge is 2.53. The lowest BCUT2D eigenvalue weighted by Gasteiger charge is -2.42. The van der Waals surface area contributed by atoms with Gasteiger partial charge in [0.05, 0.1) is 12.2 Å². The Morgan fingerprint density at radius 3 is 2.31 bits per heavy atom. The first kappa shape index (κ1) is 55.7. The molecule has 67 heavy (non-hydrogen) atoms. The molecular weight excluding hydrogens is 855 g/mol. The topological polar surface area (TPSA) is 175 Å². The predicted molar refractivity (Wildman–Crippen MR) is 256 cm³/mol. The summed E-state index contributed by atoms with van der Waals surface area (Å²) < 4.78 is 29.8. The van der Waals surface area contributed by atoms with Crippen LogP contribution in [-0.4, -0.2) is 114 Å². The number of ketones is 3. The van der Waals surface area contributed by atoms with Gasteiger partial charge in [-0.15, -0.1) is 0 Å². The molecule has 0 aromatic heterocycles. The van der Waals surface area contributed by atoms with E-state index < -0.39 is 77.8 Å². The number of carbonyl (C=O) groups is 5. The van der Waals surface area contributed by atoms with Crippen molar-refractivity contribution in [3.05, 3.63) is 47.6 Å². The molecule has 12 unspecified atom stereocenters.